The highest BCUT2D eigenvalue weighted by Gasteiger charge is 2.16. The van der Waals surface area contributed by atoms with E-state index in [2.05, 4.69) is 29.9 Å². The Hall–Kier alpha value is -3.49. The minimum absolute atomic E-state index is 0.580. The lowest BCUT2D eigenvalue weighted by molar-refractivity contribution is 0.378. The lowest BCUT2D eigenvalue weighted by atomic mass is 10.2. The van der Waals surface area contributed by atoms with Gasteiger partial charge in [-0.3, -0.25) is 9.55 Å². The van der Waals surface area contributed by atoms with Crippen LogP contribution in [0.4, 0.5) is 0 Å². The summed E-state index contributed by atoms with van der Waals surface area (Å²) >= 11 is 7.71. The third kappa shape index (κ3) is 4.97. The second-order valence-electron chi connectivity index (χ2n) is 7.18. The van der Waals surface area contributed by atoms with Crippen LogP contribution >= 0.6 is 23.4 Å². The van der Waals surface area contributed by atoms with E-state index in [1.54, 1.807) is 24.2 Å². The van der Waals surface area contributed by atoms with E-state index in [0.717, 1.165) is 40.0 Å². The van der Waals surface area contributed by atoms with Gasteiger partial charge in [-0.05, 0) is 55.0 Å². The number of halogens is 1. The normalized spacial score (nSPS) is 11.1. The van der Waals surface area contributed by atoms with Gasteiger partial charge in [0.1, 0.15) is 0 Å². The Balaban J connectivity index is 1.29. The van der Waals surface area contributed by atoms with Crippen LogP contribution in [-0.2, 0) is 6.42 Å². The van der Waals surface area contributed by atoms with Crippen molar-refractivity contribution in [2.75, 3.05) is 5.75 Å². The van der Waals surface area contributed by atoms with Crippen LogP contribution in [0.15, 0.2) is 88.8 Å². The van der Waals surface area contributed by atoms with Crippen LogP contribution in [0.2, 0.25) is 5.02 Å². The fourth-order valence-corrected chi connectivity index (χ4v) is 4.34. The zero-order valence-corrected chi connectivity index (χ0v) is 19.1. The molecule has 0 amide bonds. The molecule has 7 nitrogen and oxygen atoms in total. The number of nitrogens with zero attached hydrogens (tertiary/aromatic N) is 6. The van der Waals surface area contributed by atoms with Crippen LogP contribution in [0, 0.1) is 0 Å². The molecule has 33 heavy (non-hydrogen) atoms. The van der Waals surface area contributed by atoms with Crippen molar-refractivity contribution in [3.8, 4) is 28.5 Å². The van der Waals surface area contributed by atoms with Crippen molar-refractivity contribution in [3.05, 3.63) is 90.0 Å². The Morgan fingerprint density at radius 3 is 2.45 bits per heavy atom. The molecule has 164 valence electrons. The highest BCUT2D eigenvalue weighted by atomic mass is 35.5. The van der Waals surface area contributed by atoms with Crippen LogP contribution in [0.3, 0.4) is 0 Å². The summed E-state index contributed by atoms with van der Waals surface area (Å²) in [4.78, 5) is 8.50. The van der Waals surface area contributed by atoms with Gasteiger partial charge in [-0.1, -0.05) is 46.7 Å². The summed E-state index contributed by atoms with van der Waals surface area (Å²) in [5.41, 5.74) is 2.85. The molecule has 0 unspecified atom stereocenters. The van der Waals surface area contributed by atoms with Crippen LogP contribution < -0.4 is 0 Å². The van der Waals surface area contributed by atoms with Crippen molar-refractivity contribution in [2.45, 2.75) is 18.0 Å². The summed E-state index contributed by atoms with van der Waals surface area (Å²) in [6, 6.07) is 21.4. The summed E-state index contributed by atoms with van der Waals surface area (Å²) in [5, 5.41) is 14.5. The maximum atomic E-state index is 6.07. The Bertz CT molecular complexity index is 1320. The number of para-hydroxylation sites is 1. The predicted octanol–water partition coefficient (Wildman–Crippen LogP) is 5.76. The monoisotopic (exact) mass is 474 g/mol. The fraction of sp³-hybridized carbons (Fsp3) is 0.125. The quantitative estimate of drug-likeness (QED) is 0.209. The van der Waals surface area contributed by atoms with Crippen molar-refractivity contribution in [3.63, 3.8) is 0 Å². The molecule has 0 bridgehead atoms. The number of hydrogen-bond donors (Lipinski definition) is 0. The van der Waals surface area contributed by atoms with Gasteiger partial charge in [0.05, 0.1) is 0 Å². The number of thioether (sulfide) groups is 1. The summed E-state index contributed by atoms with van der Waals surface area (Å²) in [6.07, 6.45) is 4.97. The Kier molecular flexibility index (Phi) is 6.46. The second-order valence-corrected chi connectivity index (χ2v) is 8.68. The van der Waals surface area contributed by atoms with Crippen molar-refractivity contribution >= 4 is 23.4 Å². The Morgan fingerprint density at radius 1 is 0.879 bits per heavy atom. The van der Waals surface area contributed by atoms with Crippen molar-refractivity contribution < 1.29 is 4.52 Å². The van der Waals surface area contributed by atoms with Gasteiger partial charge < -0.3 is 4.52 Å². The van der Waals surface area contributed by atoms with Gasteiger partial charge in [0.25, 0.3) is 0 Å². The molecule has 0 N–H and O–H groups in total. The standard InChI is InChI=1S/C24H19ClN6OS/c25-19-10-8-18(9-11-19)23-28-29-24(31(23)20-5-2-1-3-6-20)33-16-4-7-21-27-22(30-32-21)17-12-14-26-15-13-17/h1-3,5-6,8-15H,4,7,16H2. The molecule has 0 atom stereocenters. The van der Waals surface area contributed by atoms with Gasteiger partial charge in [0.15, 0.2) is 11.0 Å². The predicted molar refractivity (Wildman–Crippen MR) is 128 cm³/mol. The number of aromatic nitrogens is 6. The van der Waals surface area contributed by atoms with Gasteiger partial charge in [-0.2, -0.15) is 4.98 Å². The minimum atomic E-state index is 0.580. The summed E-state index contributed by atoms with van der Waals surface area (Å²) in [6.45, 7) is 0. The first-order chi connectivity index (χ1) is 16.3. The number of hydrogen-bond acceptors (Lipinski definition) is 7. The highest BCUT2D eigenvalue weighted by Crippen LogP contribution is 2.29. The topological polar surface area (TPSA) is 82.5 Å². The third-order valence-corrected chi connectivity index (χ3v) is 6.19. The molecule has 0 fully saturated rings. The lowest BCUT2D eigenvalue weighted by Crippen LogP contribution is -2.00. The highest BCUT2D eigenvalue weighted by molar-refractivity contribution is 7.99. The Morgan fingerprint density at radius 2 is 1.67 bits per heavy atom. The molecule has 9 heteroatoms. The van der Waals surface area contributed by atoms with Crippen LogP contribution in [0.25, 0.3) is 28.5 Å². The molecular weight excluding hydrogens is 456 g/mol. The molecule has 0 saturated carbocycles. The number of rotatable bonds is 8. The van der Waals surface area contributed by atoms with E-state index in [4.69, 9.17) is 16.1 Å². The van der Waals surface area contributed by atoms with Crippen molar-refractivity contribution in [1.29, 1.82) is 0 Å². The zero-order chi connectivity index (χ0) is 22.5. The van der Waals surface area contributed by atoms with Crippen LogP contribution in [-0.4, -0.2) is 35.6 Å². The minimum Gasteiger partial charge on any atom is -0.339 e. The zero-order valence-electron chi connectivity index (χ0n) is 17.5. The number of pyridine rings is 1. The second kappa shape index (κ2) is 9.97. The van der Waals surface area contributed by atoms with E-state index < -0.39 is 0 Å². The molecule has 0 spiro atoms. The molecular formula is C24H19ClN6OS. The van der Waals surface area contributed by atoms with E-state index in [1.807, 2.05) is 66.7 Å². The van der Waals surface area contributed by atoms with Gasteiger partial charge in [0, 0.05) is 46.4 Å². The van der Waals surface area contributed by atoms with Gasteiger partial charge in [-0.25, -0.2) is 0 Å². The summed E-state index contributed by atoms with van der Waals surface area (Å²) in [7, 11) is 0. The maximum Gasteiger partial charge on any atom is 0.226 e. The summed E-state index contributed by atoms with van der Waals surface area (Å²) in [5.74, 6) is 2.81. The first-order valence-electron chi connectivity index (χ1n) is 10.4. The van der Waals surface area contributed by atoms with E-state index in [-0.39, 0.29) is 0 Å². The first kappa shape index (κ1) is 21.4. The first-order valence-corrected chi connectivity index (χ1v) is 11.8. The van der Waals surface area contributed by atoms with Gasteiger partial charge in [-0.15, -0.1) is 10.2 Å². The fourth-order valence-electron chi connectivity index (χ4n) is 3.32. The average Bonchev–Trinajstić information content (AvgIpc) is 3.51. The molecule has 0 radical (unpaired) electrons. The van der Waals surface area contributed by atoms with E-state index in [1.165, 1.54) is 0 Å². The molecule has 0 aliphatic carbocycles. The smallest absolute Gasteiger partial charge is 0.226 e. The largest absolute Gasteiger partial charge is 0.339 e. The SMILES string of the molecule is Clc1ccc(-c2nnc(SCCCc3nc(-c4ccncc4)no3)n2-c2ccccc2)cc1. The molecule has 0 saturated heterocycles. The molecule has 5 aromatic rings. The summed E-state index contributed by atoms with van der Waals surface area (Å²) < 4.78 is 7.47. The van der Waals surface area contributed by atoms with Crippen LogP contribution in [0.5, 0.6) is 0 Å². The van der Waals surface area contributed by atoms with E-state index in [0.29, 0.717) is 23.2 Å². The number of benzene rings is 2. The van der Waals surface area contributed by atoms with Gasteiger partial charge in [0.2, 0.25) is 11.7 Å². The molecule has 0 aliphatic rings. The van der Waals surface area contributed by atoms with Gasteiger partial charge >= 0.3 is 0 Å². The molecule has 0 aliphatic heterocycles. The van der Waals surface area contributed by atoms with Crippen LogP contribution in [0.1, 0.15) is 12.3 Å². The molecule has 3 aromatic heterocycles. The van der Waals surface area contributed by atoms with E-state index in [9.17, 15) is 0 Å². The maximum absolute atomic E-state index is 6.07. The Labute approximate surface area is 199 Å². The average molecular weight is 475 g/mol. The molecule has 2 aromatic carbocycles. The lowest BCUT2D eigenvalue weighted by Gasteiger charge is -2.10. The van der Waals surface area contributed by atoms with Crippen molar-refractivity contribution in [1.82, 2.24) is 29.9 Å². The van der Waals surface area contributed by atoms with E-state index >= 15 is 0 Å². The molecule has 3 heterocycles. The third-order valence-electron chi connectivity index (χ3n) is 4.92. The number of aryl methyl sites for hydroxylation is 1. The molecule has 5 rings (SSSR count). The van der Waals surface area contributed by atoms with Crippen molar-refractivity contribution in [2.24, 2.45) is 0 Å².